The van der Waals surface area contributed by atoms with E-state index in [-0.39, 0.29) is 22.3 Å². The molecule has 106 valence electrons. The molecule has 3 N–H and O–H groups in total. The number of H-pyrrole nitrogens is 1. The monoisotopic (exact) mass is 286 g/mol. The summed E-state index contributed by atoms with van der Waals surface area (Å²) in [7, 11) is 1.59. The Hall–Kier alpha value is -3.16. The minimum Gasteiger partial charge on any atom is -0.506 e. The largest absolute Gasteiger partial charge is 0.506 e. The quantitative estimate of drug-likeness (QED) is 0.638. The van der Waals surface area contributed by atoms with Crippen molar-refractivity contribution in [1.82, 2.24) is 19.7 Å². The number of benzene rings is 1. The Kier molecular flexibility index (Phi) is 2.72. The first-order valence-electron chi connectivity index (χ1n) is 5.95. The summed E-state index contributed by atoms with van der Waals surface area (Å²) in [5.74, 6) is -1.39. The second kappa shape index (κ2) is 4.44. The van der Waals surface area contributed by atoms with E-state index in [0.29, 0.717) is 11.1 Å². The van der Waals surface area contributed by atoms with Crippen LogP contribution in [0.3, 0.4) is 0 Å². The molecule has 0 aliphatic heterocycles. The van der Waals surface area contributed by atoms with Gasteiger partial charge in [0, 0.05) is 18.8 Å². The Morgan fingerprint density at radius 3 is 2.86 bits per heavy atom. The smallest absolute Gasteiger partial charge is 0.357 e. The van der Waals surface area contributed by atoms with Crippen molar-refractivity contribution >= 4 is 16.9 Å². The summed E-state index contributed by atoms with van der Waals surface area (Å²) >= 11 is 0. The molecule has 3 rings (SSSR count). The van der Waals surface area contributed by atoms with Crippen molar-refractivity contribution in [3.05, 3.63) is 40.7 Å². The topological polar surface area (TPSA) is 121 Å². The number of aromatic hydroxyl groups is 1. The summed E-state index contributed by atoms with van der Waals surface area (Å²) in [5, 5.41) is 23.2. The SMILES string of the molecule is Cn1cc(-c2cc(O)c3nc[nH]c(=O)c3c2)c(C(=O)O)n1. The van der Waals surface area contributed by atoms with Gasteiger partial charge in [-0.1, -0.05) is 0 Å². The minimum atomic E-state index is -1.19. The van der Waals surface area contributed by atoms with E-state index in [4.69, 9.17) is 5.11 Å². The predicted molar refractivity (Wildman–Crippen MR) is 73.2 cm³/mol. The van der Waals surface area contributed by atoms with Gasteiger partial charge in [-0.2, -0.15) is 5.10 Å². The van der Waals surface area contributed by atoms with E-state index in [0.717, 1.165) is 0 Å². The highest BCUT2D eigenvalue weighted by molar-refractivity contribution is 5.96. The fourth-order valence-corrected chi connectivity index (χ4v) is 2.17. The number of phenolic OH excluding ortho intramolecular Hbond substituents is 1. The van der Waals surface area contributed by atoms with E-state index in [1.54, 1.807) is 7.05 Å². The lowest BCUT2D eigenvalue weighted by Gasteiger charge is -2.04. The number of nitrogens with one attached hydrogen (secondary N) is 1. The fraction of sp³-hybridized carbons (Fsp3) is 0.0769. The van der Waals surface area contributed by atoms with Crippen LogP contribution in [-0.2, 0) is 7.05 Å². The average molecular weight is 286 g/mol. The molecule has 8 nitrogen and oxygen atoms in total. The number of phenols is 1. The normalized spacial score (nSPS) is 10.9. The summed E-state index contributed by atoms with van der Waals surface area (Å²) in [6.07, 6.45) is 2.70. The number of aryl methyl sites for hydroxylation is 1. The Morgan fingerprint density at radius 2 is 2.14 bits per heavy atom. The number of fused-ring (bicyclic) bond motifs is 1. The van der Waals surface area contributed by atoms with Crippen LogP contribution in [0.1, 0.15) is 10.5 Å². The van der Waals surface area contributed by atoms with Crippen LogP contribution in [0.4, 0.5) is 0 Å². The molecule has 1 aromatic carbocycles. The zero-order valence-electron chi connectivity index (χ0n) is 10.9. The number of nitrogens with zero attached hydrogens (tertiary/aromatic N) is 3. The first-order chi connectivity index (χ1) is 9.97. The third kappa shape index (κ3) is 2.02. The molecule has 0 aliphatic rings. The maximum absolute atomic E-state index is 11.8. The number of aromatic carboxylic acids is 1. The van der Waals surface area contributed by atoms with E-state index in [9.17, 15) is 14.7 Å². The Balaban J connectivity index is 2.34. The number of aromatic amines is 1. The maximum Gasteiger partial charge on any atom is 0.357 e. The number of rotatable bonds is 2. The van der Waals surface area contributed by atoms with Crippen LogP contribution in [0, 0.1) is 0 Å². The molecule has 0 amide bonds. The van der Waals surface area contributed by atoms with Gasteiger partial charge in [0.1, 0.15) is 11.3 Å². The highest BCUT2D eigenvalue weighted by atomic mass is 16.4. The second-order valence-corrected chi connectivity index (χ2v) is 4.49. The van der Waals surface area contributed by atoms with E-state index < -0.39 is 11.5 Å². The van der Waals surface area contributed by atoms with E-state index in [1.165, 1.54) is 29.3 Å². The zero-order chi connectivity index (χ0) is 15.1. The first kappa shape index (κ1) is 12.9. The molecule has 0 saturated heterocycles. The van der Waals surface area contributed by atoms with Crippen LogP contribution in [-0.4, -0.2) is 35.9 Å². The molecule has 0 bridgehead atoms. The number of hydrogen-bond acceptors (Lipinski definition) is 5. The first-order valence-corrected chi connectivity index (χ1v) is 5.95. The molecule has 8 heteroatoms. The third-order valence-corrected chi connectivity index (χ3v) is 3.07. The van der Waals surface area contributed by atoms with Crippen LogP contribution in [0.5, 0.6) is 5.75 Å². The molecule has 0 spiro atoms. The van der Waals surface area contributed by atoms with Crippen LogP contribution in [0.15, 0.2) is 29.5 Å². The molecule has 0 atom stereocenters. The van der Waals surface area contributed by atoms with Gasteiger partial charge < -0.3 is 15.2 Å². The van der Waals surface area contributed by atoms with Gasteiger partial charge >= 0.3 is 5.97 Å². The van der Waals surface area contributed by atoms with Gasteiger partial charge in [-0.15, -0.1) is 0 Å². The van der Waals surface area contributed by atoms with Crippen molar-refractivity contribution in [3.63, 3.8) is 0 Å². The van der Waals surface area contributed by atoms with Gasteiger partial charge in [0.2, 0.25) is 0 Å². The van der Waals surface area contributed by atoms with Crippen molar-refractivity contribution < 1.29 is 15.0 Å². The van der Waals surface area contributed by atoms with Crippen molar-refractivity contribution in [2.75, 3.05) is 0 Å². The highest BCUT2D eigenvalue weighted by Gasteiger charge is 2.18. The lowest BCUT2D eigenvalue weighted by atomic mass is 10.0. The lowest BCUT2D eigenvalue weighted by molar-refractivity contribution is 0.0690. The van der Waals surface area contributed by atoms with Crippen molar-refractivity contribution in [2.45, 2.75) is 0 Å². The van der Waals surface area contributed by atoms with Crippen LogP contribution >= 0.6 is 0 Å². The maximum atomic E-state index is 11.8. The molecule has 0 radical (unpaired) electrons. The highest BCUT2D eigenvalue weighted by Crippen LogP contribution is 2.30. The van der Waals surface area contributed by atoms with Crippen LogP contribution in [0.2, 0.25) is 0 Å². The molecular weight excluding hydrogens is 276 g/mol. The van der Waals surface area contributed by atoms with Crippen molar-refractivity contribution in [3.8, 4) is 16.9 Å². The standard InChI is InChI=1S/C13H10N4O4/c1-17-4-8(11(16-17)13(20)21)6-2-7-10(9(18)3-6)14-5-15-12(7)19/h2-5,18H,1H3,(H,20,21)(H,14,15,19). The van der Waals surface area contributed by atoms with Gasteiger partial charge in [-0.25, -0.2) is 9.78 Å². The van der Waals surface area contributed by atoms with Crippen molar-refractivity contribution in [1.29, 1.82) is 0 Å². The minimum absolute atomic E-state index is 0.156. The predicted octanol–water partition coefficient (Wildman–Crippen LogP) is 0.727. The number of carboxylic acids is 1. The van der Waals surface area contributed by atoms with Gasteiger partial charge in [-0.05, 0) is 17.7 Å². The van der Waals surface area contributed by atoms with Gasteiger partial charge in [0.25, 0.3) is 5.56 Å². The Bertz CT molecular complexity index is 926. The Morgan fingerprint density at radius 1 is 1.38 bits per heavy atom. The van der Waals surface area contributed by atoms with Gasteiger partial charge in [0.05, 0.1) is 11.7 Å². The molecule has 2 aromatic heterocycles. The molecule has 0 saturated carbocycles. The second-order valence-electron chi connectivity index (χ2n) is 4.49. The molecular formula is C13H10N4O4. The molecule has 2 heterocycles. The summed E-state index contributed by atoms with van der Waals surface area (Å²) in [6, 6.07) is 2.84. The summed E-state index contributed by atoms with van der Waals surface area (Å²) in [6.45, 7) is 0. The average Bonchev–Trinajstić information content (AvgIpc) is 2.82. The summed E-state index contributed by atoms with van der Waals surface area (Å²) in [4.78, 5) is 29.3. The zero-order valence-corrected chi connectivity index (χ0v) is 10.9. The van der Waals surface area contributed by atoms with Gasteiger partial charge in [-0.3, -0.25) is 9.48 Å². The summed E-state index contributed by atoms with van der Waals surface area (Å²) in [5.41, 5.74) is 0.271. The van der Waals surface area contributed by atoms with Gasteiger partial charge in [0.15, 0.2) is 5.69 Å². The van der Waals surface area contributed by atoms with Crippen LogP contribution < -0.4 is 5.56 Å². The van der Waals surface area contributed by atoms with E-state index in [2.05, 4.69) is 15.1 Å². The molecule has 3 aromatic rings. The Labute approximate surface area is 117 Å². The van der Waals surface area contributed by atoms with E-state index in [1.807, 2.05) is 0 Å². The molecule has 0 unspecified atom stereocenters. The lowest BCUT2D eigenvalue weighted by Crippen LogP contribution is -2.06. The summed E-state index contributed by atoms with van der Waals surface area (Å²) < 4.78 is 1.35. The fourth-order valence-electron chi connectivity index (χ4n) is 2.17. The number of carbonyl (C=O) groups is 1. The van der Waals surface area contributed by atoms with E-state index >= 15 is 0 Å². The number of aromatic nitrogens is 4. The number of carboxylic acid groups (broad SMARTS) is 1. The molecule has 0 fully saturated rings. The third-order valence-electron chi connectivity index (χ3n) is 3.07. The van der Waals surface area contributed by atoms with Crippen molar-refractivity contribution in [2.24, 2.45) is 7.05 Å². The number of hydrogen-bond donors (Lipinski definition) is 3. The van der Waals surface area contributed by atoms with Crippen LogP contribution in [0.25, 0.3) is 22.0 Å². The molecule has 21 heavy (non-hydrogen) atoms. The molecule has 0 aliphatic carbocycles.